The van der Waals surface area contributed by atoms with Crippen molar-refractivity contribution in [3.8, 4) is 0 Å². The lowest BCUT2D eigenvalue weighted by Crippen LogP contribution is -2.30. The van der Waals surface area contributed by atoms with E-state index in [2.05, 4.69) is 21.2 Å². The molecular weight excluding hydrogens is 392 g/mol. The molecule has 0 radical (unpaired) electrons. The van der Waals surface area contributed by atoms with Crippen LogP contribution >= 0.6 is 15.9 Å². The van der Waals surface area contributed by atoms with Crippen molar-refractivity contribution in [1.29, 1.82) is 0 Å². The van der Waals surface area contributed by atoms with Gasteiger partial charge in [-0.15, -0.1) is 0 Å². The smallest absolute Gasteiger partial charge is 0.311 e. The molecule has 0 bridgehead atoms. The van der Waals surface area contributed by atoms with Crippen molar-refractivity contribution in [3.63, 3.8) is 0 Å². The number of carbonyl (C=O) groups excluding carboxylic acids is 2. The zero-order valence-electron chi connectivity index (χ0n) is 13.3. The van der Waals surface area contributed by atoms with E-state index in [0.717, 1.165) is 10.0 Å². The first-order valence-electron chi connectivity index (χ1n) is 7.35. The van der Waals surface area contributed by atoms with Crippen LogP contribution < -0.4 is 5.32 Å². The number of para-hydroxylation sites is 2. The summed E-state index contributed by atoms with van der Waals surface area (Å²) in [5.41, 5.74) is 0.567. The van der Waals surface area contributed by atoms with Crippen molar-refractivity contribution in [2.75, 3.05) is 5.32 Å². The zero-order valence-corrected chi connectivity index (χ0v) is 14.9. The fourth-order valence-electron chi connectivity index (χ4n) is 2.03. The number of nitrogens with zero attached hydrogens (tertiary/aromatic N) is 1. The summed E-state index contributed by atoms with van der Waals surface area (Å²) in [4.78, 5) is 34.4. The quantitative estimate of drug-likeness (QED) is 0.449. The van der Waals surface area contributed by atoms with Gasteiger partial charge in [-0.25, -0.2) is 0 Å². The number of halogens is 1. The number of rotatable bonds is 6. The molecule has 0 aliphatic carbocycles. The topological polar surface area (TPSA) is 98.5 Å². The molecule has 0 aliphatic rings. The molecule has 1 N–H and O–H groups in total. The molecule has 7 nitrogen and oxygen atoms in total. The maximum Gasteiger partial charge on any atom is 0.311 e. The third-order valence-corrected chi connectivity index (χ3v) is 3.83. The summed E-state index contributed by atoms with van der Waals surface area (Å²) in [6, 6.07) is 12.9. The Labute approximate surface area is 152 Å². The van der Waals surface area contributed by atoms with E-state index in [1.807, 2.05) is 0 Å². The predicted octanol–water partition coefficient (Wildman–Crippen LogP) is 3.47. The van der Waals surface area contributed by atoms with E-state index in [0.29, 0.717) is 0 Å². The third kappa shape index (κ3) is 5.39. The number of anilines is 1. The average molecular weight is 407 g/mol. The highest BCUT2D eigenvalue weighted by Crippen LogP contribution is 2.23. The minimum atomic E-state index is -1.08. The van der Waals surface area contributed by atoms with Crippen molar-refractivity contribution in [2.45, 2.75) is 19.4 Å². The number of esters is 1. The minimum absolute atomic E-state index is 0.0242. The first-order valence-corrected chi connectivity index (χ1v) is 8.14. The van der Waals surface area contributed by atoms with E-state index in [4.69, 9.17) is 4.74 Å². The molecular formula is C17H15BrN2O5. The van der Waals surface area contributed by atoms with Crippen LogP contribution in [0.25, 0.3) is 0 Å². The second-order valence-electron chi connectivity index (χ2n) is 5.20. The number of nitrogens with one attached hydrogen (secondary N) is 1. The highest BCUT2D eigenvalue weighted by molar-refractivity contribution is 9.10. The Hall–Kier alpha value is -2.74. The van der Waals surface area contributed by atoms with Gasteiger partial charge < -0.3 is 10.1 Å². The van der Waals surface area contributed by atoms with E-state index >= 15 is 0 Å². The maximum atomic E-state index is 12.1. The zero-order chi connectivity index (χ0) is 18.4. The minimum Gasteiger partial charge on any atom is -0.452 e. The van der Waals surface area contributed by atoms with Crippen LogP contribution in [-0.4, -0.2) is 22.9 Å². The Morgan fingerprint density at radius 3 is 2.48 bits per heavy atom. The molecule has 1 amide bonds. The van der Waals surface area contributed by atoms with Crippen LogP contribution in [0.4, 0.5) is 11.4 Å². The van der Waals surface area contributed by atoms with Crippen molar-refractivity contribution < 1.29 is 19.2 Å². The molecule has 2 aromatic carbocycles. The number of ether oxygens (including phenoxy) is 1. The van der Waals surface area contributed by atoms with Gasteiger partial charge in [0.2, 0.25) is 0 Å². The van der Waals surface area contributed by atoms with Gasteiger partial charge in [0.1, 0.15) is 5.69 Å². The second kappa shape index (κ2) is 8.39. The van der Waals surface area contributed by atoms with Crippen molar-refractivity contribution in [3.05, 3.63) is 68.7 Å². The van der Waals surface area contributed by atoms with Crippen molar-refractivity contribution in [2.24, 2.45) is 0 Å². The van der Waals surface area contributed by atoms with Crippen LogP contribution in [0.15, 0.2) is 53.0 Å². The molecule has 25 heavy (non-hydrogen) atoms. The molecule has 0 saturated carbocycles. The van der Waals surface area contributed by atoms with Gasteiger partial charge in [0.25, 0.3) is 11.6 Å². The third-order valence-electron chi connectivity index (χ3n) is 3.30. The normalized spacial score (nSPS) is 11.4. The SMILES string of the molecule is C[C@H](OC(=O)Cc1ccc(Br)cc1)C(=O)Nc1ccccc1[N+](=O)[O-]. The Morgan fingerprint density at radius 1 is 1.20 bits per heavy atom. The van der Waals surface area contributed by atoms with Crippen molar-refractivity contribution in [1.82, 2.24) is 0 Å². The van der Waals surface area contributed by atoms with Crippen LogP contribution in [0.1, 0.15) is 12.5 Å². The summed E-state index contributed by atoms with van der Waals surface area (Å²) >= 11 is 3.30. The Morgan fingerprint density at radius 2 is 1.84 bits per heavy atom. The Balaban J connectivity index is 1.95. The molecule has 0 spiro atoms. The van der Waals surface area contributed by atoms with Gasteiger partial charge in [-0.2, -0.15) is 0 Å². The van der Waals surface area contributed by atoms with Crippen LogP contribution in [0, 0.1) is 10.1 Å². The number of nitro groups is 1. The first-order chi connectivity index (χ1) is 11.9. The molecule has 0 heterocycles. The fourth-order valence-corrected chi connectivity index (χ4v) is 2.30. The standard InChI is InChI=1S/C17H15BrN2O5/c1-11(25-16(21)10-12-6-8-13(18)9-7-12)17(22)19-14-4-2-3-5-15(14)20(23)24/h2-9,11H,10H2,1H3,(H,19,22)/t11-/m0/s1. The first kappa shape index (κ1) is 18.6. The summed E-state index contributed by atoms with van der Waals surface area (Å²) in [5.74, 6) is -1.20. The highest BCUT2D eigenvalue weighted by Gasteiger charge is 2.21. The van der Waals surface area contributed by atoms with E-state index in [-0.39, 0.29) is 17.8 Å². The Kier molecular flexibility index (Phi) is 6.24. The monoisotopic (exact) mass is 406 g/mol. The van der Waals surface area contributed by atoms with Gasteiger partial charge in [-0.3, -0.25) is 19.7 Å². The summed E-state index contributed by atoms with van der Waals surface area (Å²) < 4.78 is 5.98. The highest BCUT2D eigenvalue weighted by atomic mass is 79.9. The summed E-state index contributed by atoms with van der Waals surface area (Å²) in [6.45, 7) is 1.41. The van der Waals surface area contributed by atoms with Gasteiger partial charge in [0.05, 0.1) is 11.3 Å². The lowest BCUT2D eigenvalue weighted by Gasteiger charge is -2.13. The van der Waals surface area contributed by atoms with E-state index < -0.39 is 22.9 Å². The van der Waals surface area contributed by atoms with Crippen LogP contribution in [-0.2, 0) is 20.7 Å². The van der Waals surface area contributed by atoms with Crippen LogP contribution in [0.5, 0.6) is 0 Å². The summed E-state index contributed by atoms with van der Waals surface area (Å²) in [5, 5.41) is 13.3. The summed E-state index contributed by atoms with van der Waals surface area (Å²) in [7, 11) is 0. The van der Waals surface area contributed by atoms with Gasteiger partial charge >= 0.3 is 5.97 Å². The van der Waals surface area contributed by atoms with Gasteiger partial charge in [0, 0.05) is 10.5 Å². The van der Waals surface area contributed by atoms with E-state index in [1.54, 1.807) is 30.3 Å². The maximum absolute atomic E-state index is 12.1. The number of carbonyl (C=O) groups is 2. The molecule has 2 rings (SSSR count). The molecule has 0 aliphatic heterocycles. The largest absolute Gasteiger partial charge is 0.452 e. The second-order valence-corrected chi connectivity index (χ2v) is 6.11. The Bertz CT molecular complexity index is 792. The molecule has 0 fully saturated rings. The molecule has 2 aromatic rings. The number of hydrogen-bond acceptors (Lipinski definition) is 5. The van der Waals surface area contributed by atoms with Crippen molar-refractivity contribution >= 4 is 39.2 Å². The lowest BCUT2D eigenvalue weighted by atomic mass is 10.1. The summed E-state index contributed by atoms with van der Waals surface area (Å²) in [6.07, 6.45) is -1.06. The number of benzene rings is 2. The molecule has 0 saturated heterocycles. The average Bonchev–Trinajstić information content (AvgIpc) is 2.57. The van der Waals surface area contributed by atoms with Gasteiger partial charge in [-0.1, -0.05) is 40.2 Å². The number of nitro benzene ring substituents is 1. The molecule has 8 heteroatoms. The fraction of sp³-hybridized carbons (Fsp3) is 0.176. The van der Waals surface area contributed by atoms with E-state index in [1.165, 1.54) is 25.1 Å². The lowest BCUT2D eigenvalue weighted by molar-refractivity contribution is -0.383. The molecule has 0 aromatic heterocycles. The van der Waals surface area contributed by atoms with E-state index in [9.17, 15) is 19.7 Å². The van der Waals surface area contributed by atoms with Crippen LogP contribution in [0.2, 0.25) is 0 Å². The number of amides is 1. The van der Waals surface area contributed by atoms with Crippen LogP contribution in [0.3, 0.4) is 0 Å². The molecule has 0 unspecified atom stereocenters. The number of hydrogen-bond donors (Lipinski definition) is 1. The molecule has 130 valence electrons. The molecule has 1 atom stereocenters. The van der Waals surface area contributed by atoms with Gasteiger partial charge in [0.15, 0.2) is 6.10 Å². The predicted molar refractivity (Wildman–Crippen MR) is 95.1 cm³/mol. The van der Waals surface area contributed by atoms with Gasteiger partial charge in [-0.05, 0) is 30.7 Å².